The van der Waals surface area contributed by atoms with Crippen LogP contribution in [0.2, 0.25) is 0 Å². The van der Waals surface area contributed by atoms with Crippen molar-refractivity contribution >= 4 is 33.1 Å². The summed E-state index contributed by atoms with van der Waals surface area (Å²) in [6.45, 7) is 1.27. The minimum absolute atomic E-state index is 0.0129. The van der Waals surface area contributed by atoms with Crippen LogP contribution in [0.1, 0.15) is 35.9 Å². The molecule has 28 heavy (non-hydrogen) atoms. The molecule has 1 aliphatic heterocycles. The Morgan fingerprint density at radius 1 is 1.21 bits per heavy atom. The van der Waals surface area contributed by atoms with Crippen LogP contribution < -0.4 is 5.32 Å². The van der Waals surface area contributed by atoms with Gasteiger partial charge in [-0.2, -0.15) is 5.26 Å². The van der Waals surface area contributed by atoms with Gasteiger partial charge in [-0.1, -0.05) is 30.7 Å². The molecule has 1 aliphatic rings. The van der Waals surface area contributed by atoms with Crippen molar-refractivity contribution in [1.82, 2.24) is 9.88 Å². The average molecular weight is 391 g/mol. The summed E-state index contributed by atoms with van der Waals surface area (Å²) >= 11 is 1.73. The first-order chi connectivity index (χ1) is 13.7. The number of piperidine rings is 1. The molecule has 0 bridgehead atoms. The molecule has 1 fully saturated rings. The van der Waals surface area contributed by atoms with E-state index in [2.05, 4.69) is 22.4 Å². The number of fused-ring (bicyclic) bond motifs is 1. The Kier molecular flexibility index (Phi) is 5.65. The van der Waals surface area contributed by atoms with E-state index in [0.29, 0.717) is 13.0 Å². The van der Waals surface area contributed by atoms with Crippen LogP contribution in [-0.4, -0.2) is 28.9 Å². The van der Waals surface area contributed by atoms with Gasteiger partial charge in [-0.3, -0.25) is 9.69 Å². The van der Waals surface area contributed by atoms with Gasteiger partial charge in [-0.15, -0.1) is 11.3 Å². The fraction of sp³-hybridized carbons (Fsp3) is 0.318. The zero-order valence-corrected chi connectivity index (χ0v) is 16.4. The normalized spacial score (nSPS) is 17.3. The van der Waals surface area contributed by atoms with Crippen LogP contribution >= 0.6 is 11.3 Å². The summed E-state index contributed by atoms with van der Waals surface area (Å²) in [6.07, 6.45) is 3.69. The number of para-hydroxylation sites is 1. The fourth-order valence-electron chi connectivity index (χ4n) is 3.67. The molecule has 0 unspecified atom stereocenters. The number of amides is 1. The van der Waals surface area contributed by atoms with E-state index in [9.17, 15) is 4.79 Å². The molecule has 1 aromatic heterocycles. The predicted octanol–water partition coefficient (Wildman–Crippen LogP) is 4.53. The van der Waals surface area contributed by atoms with E-state index in [4.69, 9.17) is 10.2 Å². The largest absolute Gasteiger partial charge is 0.325 e. The fourth-order valence-corrected chi connectivity index (χ4v) is 4.81. The molecule has 1 amide bonds. The van der Waals surface area contributed by atoms with Crippen molar-refractivity contribution in [1.29, 1.82) is 5.26 Å². The Labute approximate surface area is 168 Å². The van der Waals surface area contributed by atoms with E-state index < -0.39 is 0 Å². The maximum atomic E-state index is 12.6. The molecule has 0 aliphatic carbocycles. The second-order valence-electron chi connectivity index (χ2n) is 7.08. The summed E-state index contributed by atoms with van der Waals surface area (Å²) in [4.78, 5) is 19.7. The Hall–Kier alpha value is -2.75. The van der Waals surface area contributed by atoms with Crippen molar-refractivity contribution < 1.29 is 4.79 Å². The molecule has 6 heteroatoms. The summed E-state index contributed by atoms with van der Waals surface area (Å²) in [5, 5.41) is 12.8. The molecule has 2 aromatic carbocycles. The number of hydrogen-bond donors (Lipinski definition) is 1. The molecular weight excluding hydrogens is 368 g/mol. The zero-order chi connectivity index (χ0) is 19.3. The third kappa shape index (κ3) is 4.22. The second-order valence-corrected chi connectivity index (χ2v) is 8.14. The second kappa shape index (κ2) is 8.51. The van der Waals surface area contributed by atoms with E-state index in [1.165, 1.54) is 11.1 Å². The van der Waals surface area contributed by atoms with Crippen LogP contribution in [-0.2, 0) is 11.2 Å². The molecule has 5 nitrogen and oxygen atoms in total. The quantitative estimate of drug-likeness (QED) is 0.695. The molecule has 0 spiro atoms. The topological polar surface area (TPSA) is 69.0 Å². The van der Waals surface area contributed by atoms with E-state index in [1.54, 1.807) is 11.3 Å². The summed E-state index contributed by atoms with van der Waals surface area (Å²) in [6, 6.07) is 18.0. The third-order valence-corrected chi connectivity index (χ3v) is 6.21. The number of carbonyl (C=O) groups excluding carboxylic acids is 1. The minimum Gasteiger partial charge on any atom is -0.325 e. The number of nitrogens with zero attached hydrogens (tertiary/aromatic N) is 3. The molecule has 142 valence electrons. The standard InChI is InChI=1S/C22H22N4OS/c23-13-12-16-8-10-17(11-9-16)24-21(27)15-26-14-4-3-6-19(26)22-25-18-5-1-2-7-20(18)28-22/h1-2,5,7-11,19H,3-4,6,12,14-15H2,(H,24,27)/t19-/m1/s1. The zero-order valence-electron chi connectivity index (χ0n) is 15.6. The van der Waals surface area contributed by atoms with Gasteiger partial charge in [0.2, 0.25) is 5.91 Å². The highest BCUT2D eigenvalue weighted by Gasteiger charge is 2.28. The number of hydrogen-bond acceptors (Lipinski definition) is 5. The van der Waals surface area contributed by atoms with Crippen molar-refractivity contribution in [2.24, 2.45) is 0 Å². The molecule has 0 saturated carbocycles. The maximum Gasteiger partial charge on any atom is 0.238 e. The van der Waals surface area contributed by atoms with E-state index in [0.717, 1.165) is 41.2 Å². The number of benzene rings is 2. The first kappa shape index (κ1) is 18.6. The van der Waals surface area contributed by atoms with Gasteiger partial charge in [-0.05, 0) is 49.2 Å². The van der Waals surface area contributed by atoms with Crippen LogP contribution in [0, 0.1) is 11.3 Å². The lowest BCUT2D eigenvalue weighted by atomic mass is 10.0. The molecule has 0 radical (unpaired) electrons. The minimum atomic E-state index is -0.0129. The Morgan fingerprint density at radius 3 is 2.82 bits per heavy atom. The Morgan fingerprint density at radius 2 is 2.04 bits per heavy atom. The number of nitriles is 1. The lowest BCUT2D eigenvalue weighted by molar-refractivity contribution is -0.118. The maximum absolute atomic E-state index is 12.6. The van der Waals surface area contributed by atoms with E-state index >= 15 is 0 Å². The number of rotatable bonds is 5. The molecule has 1 atom stereocenters. The molecule has 1 N–H and O–H groups in total. The molecule has 2 heterocycles. The number of nitrogens with one attached hydrogen (secondary N) is 1. The van der Waals surface area contributed by atoms with Gasteiger partial charge in [-0.25, -0.2) is 4.98 Å². The lowest BCUT2D eigenvalue weighted by Gasteiger charge is -2.33. The van der Waals surface area contributed by atoms with E-state index in [1.807, 2.05) is 42.5 Å². The van der Waals surface area contributed by atoms with Crippen molar-refractivity contribution in [3.05, 3.63) is 59.1 Å². The van der Waals surface area contributed by atoms with Crippen molar-refractivity contribution in [2.75, 3.05) is 18.4 Å². The summed E-state index contributed by atoms with van der Waals surface area (Å²) in [7, 11) is 0. The van der Waals surface area contributed by atoms with E-state index in [-0.39, 0.29) is 11.9 Å². The average Bonchev–Trinajstić information content (AvgIpc) is 3.14. The highest BCUT2D eigenvalue weighted by Crippen LogP contribution is 2.35. The first-order valence-corrected chi connectivity index (χ1v) is 10.4. The number of carbonyl (C=O) groups is 1. The molecule has 1 saturated heterocycles. The highest BCUT2D eigenvalue weighted by atomic mass is 32.1. The summed E-state index contributed by atoms with van der Waals surface area (Å²) in [5.74, 6) is -0.0129. The number of thiazole rings is 1. The monoisotopic (exact) mass is 390 g/mol. The predicted molar refractivity (Wildman–Crippen MR) is 112 cm³/mol. The lowest BCUT2D eigenvalue weighted by Crippen LogP contribution is -2.39. The van der Waals surface area contributed by atoms with Crippen molar-refractivity contribution in [3.63, 3.8) is 0 Å². The Bertz CT molecular complexity index is 972. The van der Waals surface area contributed by atoms with Crippen molar-refractivity contribution in [3.8, 4) is 6.07 Å². The van der Waals surface area contributed by atoms with Gasteiger partial charge in [0.25, 0.3) is 0 Å². The van der Waals surface area contributed by atoms with Crippen LogP contribution in [0.4, 0.5) is 5.69 Å². The SMILES string of the molecule is N#CCc1ccc(NC(=O)CN2CCCC[C@@H]2c2nc3ccccc3s2)cc1. The van der Waals surface area contributed by atoms with Crippen LogP contribution in [0.25, 0.3) is 10.2 Å². The van der Waals surface area contributed by atoms with Crippen molar-refractivity contribution in [2.45, 2.75) is 31.7 Å². The summed E-state index contributed by atoms with van der Waals surface area (Å²) in [5.41, 5.74) is 2.75. The van der Waals surface area contributed by atoms with Gasteiger partial charge in [0.05, 0.1) is 35.3 Å². The molecule has 4 rings (SSSR count). The van der Waals surface area contributed by atoms with Gasteiger partial charge in [0.1, 0.15) is 5.01 Å². The Balaban J connectivity index is 1.44. The number of anilines is 1. The molecule has 3 aromatic rings. The third-order valence-electron chi connectivity index (χ3n) is 5.08. The van der Waals surface area contributed by atoms with Gasteiger partial charge >= 0.3 is 0 Å². The van der Waals surface area contributed by atoms with Gasteiger partial charge in [0, 0.05) is 5.69 Å². The van der Waals surface area contributed by atoms with Crippen LogP contribution in [0.5, 0.6) is 0 Å². The summed E-state index contributed by atoms with van der Waals surface area (Å²) < 4.78 is 1.20. The van der Waals surface area contributed by atoms with Crippen LogP contribution in [0.15, 0.2) is 48.5 Å². The van der Waals surface area contributed by atoms with Gasteiger partial charge < -0.3 is 5.32 Å². The molecular formula is C22H22N4OS. The smallest absolute Gasteiger partial charge is 0.238 e. The number of aromatic nitrogens is 1. The number of likely N-dealkylation sites (tertiary alicyclic amines) is 1. The highest BCUT2D eigenvalue weighted by molar-refractivity contribution is 7.18. The van der Waals surface area contributed by atoms with Crippen LogP contribution in [0.3, 0.4) is 0 Å². The van der Waals surface area contributed by atoms with Gasteiger partial charge in [0.15, 0.2) is 0 Å². The first-order valence-electron chi connectivity index (χ1n) is 9.58.